The van der Waals surface area contributed by atoms with Crippen molar-refractivity contribution in [2.75, 3.05) is 0 Å². The Labute approximate surface area is 68.3 Å². The fraction of sp³-hybridized carbons (Fsp3) is 0.600. The van der Waals surface area contributed by atoms with Gasteiger partial charge in [-0.2, -0.15) is 4.80 Å². The first kappa shape index (κ1) is 8.13. The molecular formula is C5H7ClN4O. The van der Waals surface area contributed by atoms with Crippen LogP contribution in [0.15, 0.2) is 0 Å². The third kappa shape index (κ3) is 2.27. The third-order valence-corrected chi connectivity index (χ3v) is 1.21. The molecule has 0 aliphatic rings. The van der Waals surface area contributed by atoms with Crippen LogP contribution in [-0.2, 0) is 17.8 Å². The van der Waals surface area contributed by atoms with Gasteiger partial charge >= 0.3 is 0 Å². The molecule has 0 N–H and O–H groups in total. The lowest BCUT2D eigenvalue weighted by molar-refractivity contribution is -0.111. The van der Waals surface area contributed by atoms with E-state index in [4.69, 9.17) is 11.6 Å². The van der Waals surface area contributed by atoms with E-state index in [-0.39, 0.29) is 6.42 Å². The Hall–Kier alpha value is -0.970. The number of carbonyl (C=O) groups is 1. The van der Waals surface area contributed by atoms with Gasteiger partial charge in [0.25, 0.3) is 0 Å². The number of rotatable bonds is 3. The standard InChI is InChI=1S/C5H7ClN4O/c1-2-10-8-5(7-9-10)3-4(6)11/h2-3H2,1H3. The van der Waals surface area contributed by atoms with E-state index < -0.39 is 5.24 Å². The van der Waals surface area contributed by atoms with Crippen molar-refractivity contribution in [2.24, 2.45) is 0 Å². The molecule has 0 saturated carbocycles. The smallest absolute Gasteiger partial charge is 0.229 e. The Morgan fingerprint density at radius 2 is 2.45 bits per heavy atom. The van der Waals surface area contributed by atoms with Crippen LogP contribution in [0.4, 0.5) is 0 Å². The van der Waals surface area contributed by atoms with Crippen molar-refractivity contribution in [3.8, 4) is 0 Å². The normalized spacial score (nSPS) is 10.0. The first-order valence-corrected chi connectivity index (χ1v) is 3.55. The first-order valence-electron chi connectivity index (χ1n) is 3.17. The van der Waals surface area contributed by atoms with Gasteiger partial charge in [0, 0.05) is 0 Å². The molecule has 0 spiro atoms. The van der Waals surface area contributed by atoms with E-state index in [0.29, 0.717) is 12.4 Å². The summed E-state index contributed by atoms with van der Waals surface area (Å²) in [5, 5.41) is 10.6. The molecule has 1 rings (SSSR count). The number of aromatic nitrogens is 4. The van der Waals surface area contributed by atoms with Crippen LogP contribution < -0.4 is 0 Å². The maximum atomic E-state index is 10.4. The minimum atomic E-state index is -0.472. The molecule has 0 aliphatic carbocycles. The van der Waals surface area contributed by atoms with Gasteiger partial charge in [0.05, 0.1) is 13.0 Å². The van der Waals surface area contributed by atoms with Crippen molar-refractivity contribution in [3.63, 3.8) is 0 Å². The quantitative estimate of drug-likeness (QED) is 0.606. The molecule has 0 aliphatic heterocycles. The maximum absolute atomic E-state index is 10.4. The highest BCUT2D eigenvalue weighted by molar-refractivity contribution is 6.63. The minimum Gasteiger partial charge on any atom is -0.281 e. The van der Waals surface area contributed by atoms with Gasteiger partial charge in [-0.3, -0.25) is 4.79 Å². The monoisotopic (exact) mass is 174 g/mol. The van der Waals surface area contributed by atoms with Crippen LogP contribution in [0.25, 0.3) is 0 Å². The molecule has 1 aromatic heterocycles. The Morgan fingerprint density at radius 3 is 2.91 bits per heavy atom. The summed E-state index contributed by atoms with van der Waals surface area (Å²) in [4.78, 5) is 11.8. The van der Waals surface area contributed by atoms with E-state index in [1.807, 2.05) is 6.92 Å². The average molecular weight is 175 g/mol. The van der Waals surface area contributed by atoms with Crippen LogP contribution in [-0.4, -0.2) is 25.4 Å². The highest BCUT2D eigenvalue weighted by atomic mass is 35.5. The van der Waals surface area contributed by atoms with Crippen LogP contribution in [0.5, 0.6) is 0 Å². The Bertz CT molecular complexity index is 259. The van der Waals surface area contributed by atoms with Crippen LogP contribution in [0.2, 0.25) is 0 Å². The average Bonchev–Trinajstić information content (AvgIpc) is 2.34. The summed E-state index contributed by atoms with van der Waals surface area (Å²) in [6.07, 6.45) is 0.0432. The second-order valence-electron chi connectivity index (χ2n) is 1.93. The fourth-order valence-electron chi connectivity index (χ4n) is 0.605. The summed E-state index contributed by atoms with van der Waals surface area (Å²) in [5.41, 5.74) is 0. The van der Waals surface area contributed by atoms with Crippen LogP contribution >= 0.6 is 11.6 Å². The summed E-state index contributed by atoms with van der Waals surface area (Å²) < 4.78 is 0. The van der Waals surface area contributed by atoms with Crippen LogP contribution in [0, 0.1) is 0 Å². The van der Waals surface area contributed by atoms with Crippen LogP contribution in [0.1, 0.15) is 12.7 Å². The number of nitrogens with zero attached hydrogens (tertiary/aromatic N) is 4. The topological polar surface area (TPSA) is 60.7 Å². The molecule has 60 valence electrons. The zero-order valence-corrected chi connectivity index (χ0v) is 6.75. The fourth-order valence-corrected chi connectivity index (χ4v) is 0.725. The first-order chi connectivity index (χ1) is 5.22. The highest BCUT2D eigenvalue weighted by Gasteiger charge is 2.04. The third-order valence-electron chi connectivity index (χ3n) is 1.07. The number of hydrogen-bond acceptors (Lipinski definition) is 4. The van der Waals surface area contributed by atoms with Crippen molar-refractivity contribution in [1.29, 1.82) is 0 Å². The molecule has 0 radical (unpaired) electrons. The molecule has 1 heterocycles. The zero-order valence-electron chi connectivity index (χ0n) is 5.99. The second-order valence-corrected chi connectivity index (χ2v) is 2.35. The SMILES string of the molecule is CCn1nnc(CC(=O)Cl)n1. The molecule has 0 amide bonds. The van der Waals surface area contributed by atoms with Gasteiger partial charge in [0.1, 0.15) is 0 Å². The Morgan fingerprint density at radius 1 is 1.73 bits per heavy atom. The van der Waals surface area contributed by atoms with Crippen molar-refractivity contribution in [3.05, 3.63) is 5.82 Å². The lowest BCUT2D eigenvalue weighted by Gasteiger charge is -1.86. The molecule has 0 aromatic carbocycles. The van der Waals surface area contributed by atoms with Gasteiger partial charge in [-0.15, -0.1) is 10.2 Å². The van der Waals surface area contributed by atoms with E-state index in [0.717, 1.165) is 0 Å². The predicted octanol–water partition coefficient (Wildman–Crippen LogP) is 0.000900. The van der Waals surface area contributed by atoms with E-state index >= 15 is 0 Å². The number of hydrogen-bond donors (Lipinski definition) is 0. The van der Waals surface area contributed by atoms with Gasteiger partial charge in [-0.25, -0.2) is 0 Å². The highest BCUT2D eigenvalue weighted by Crippen LogP contribution is 1.92. The molecule has 0 fully saturated rings. The van der Waals surface area contributed by atoms with E-state index in [9.17, 15) is 4.79 Å². The summed E-state index contributed by atoms with van der Waals surface area (Å²) in [5.74, 6) is 0.367. The molecule has 0 unspecified atom stereocenters. The van der Waals surface area contributed by atoms with Gasteiger partial charge in [0.2, 0.25) is 5.24 Å². The number of carbonyl (C=O) groups excluding carboxylic acids is 1. The number of aryl methyl sites for hydroxylation is 1. The molecule has 11 heavy (non-hydrogen) atoms. The Balaban J connectivity index is 2.65. The van der Waals surface area contributed by atoms with E-state index in [1.165, 1.54) is 4.80 Å². The molecule has 0 saturated heterocycles. The Kier molecular flexibility index (Phi) is 2.53. The summed E-state index contributed by atoms with van der Waals surface area (Å²) in [6, 6.07) is 0. The number of tetrazole rings is 1. The summed E-state index contributed by atoms with van der Waals surface area (Å²) in [7, 11) is 0. The largest absolute Gasteiger partial charge is 0.281 e. The zero-order chi connectivity index (χ0) is 8.27. The van der Waals surface area contributed by atoms with Gasteiger partial charge in [-0.1, -0.05) is 0 Å². The van der Waals surface area contributed by atoms with E-state index in [1.54, 1.807) is 0 Å². The molecule has 1 aromatic rings. The van der Waals surface area contributed by atoms with Gasteiger partial charge < -0.3 is 0 Å². The summed E-state index contributed by atoms with van der Waals surface area (Å²) in [6.45, 7) is 2.53. The molecular weight excluding hydrogens is 168 g/mol. The number of halogens is 1. The summed E-state index contributed by atoms with van der Waals surface area (Å²) >= 11 is 5.11. The van der Waals surface area contributed by atoms with Crippen molar-refractivity contribution in [1.82, 2.24) is 20.2 Å². The lowest BCUT2D eigenvalue weighted by atomic mass is 10.5. The van der Waals surface area contributed by atoms with Gasteiger partial charge in [0.15, 0.2) is 5.82 Å². The second kappa shape index (κ2) is 3.43. The van der Waals surface area contributed by atoms with Crippen molar-refractivity contribution in [2.45, 2.75) is 19.9 Å². The van der Waals surface area contributed by atoms with Crippen molar-refractivity contribution >= 4 is 16.8 Å². The van der Waals surface area contributed by atoms with Crippen LogP contribution in [0.3, 0.4) is 0 Å². The minimum absolute atomic E-state index is 0.0432. The van der Waals surface area contributed by atoms with Crippen molar-refractivity contribution < 1.29 is 4.79 Å². The molecule has 5 nitrogen and oxygen atoms in total. The van der Waals surface area contributed by atoms with E-state index in [2.05, 4.69) is 15.4 Å². The lowest BCUT2D eigenvalue weighted by Crippen LogP contribution is -2.00. The predicted molar refractivity (Wildman–Crippen MR) is 38.1 cm³/mol. The molecule has 6 heteroatoms. The van der Waals surface area contributed by atoms with Gasteiger partial charge in [-0.05, 0) is 23.7 Å². The molecule has 0 atom stereocenters. The maximum Gasteiger partial charge on any atom is 0.229 e. The molecule has 0 bridgehead atoms.